The van der Waals surface area contributed by atoms with E-state index < -0.39 is 0 Å². The van der Waals surface area contributed by atoms with Gasteiger partial charge in [-0.15, -0.1) is 0 Å². The standard InChI is InChI=1S/C13H25NO2/c1-5-7-8-12(16)14-11(10-15)9-13(3,4)6-2/h10-11H,5-9H2,1-4H3,(H,14,16). The van der Waals surface area contributed by atoms with Gasteiger partial charge in [-0.1, -0.05) is 40.5 Å². The summed E-state index contributed by atoms with van der Waals surface area (Å²) in [5.74, 6) is -0.00847. The van der Waals surface area contributed by atoms with E-state index in [1.165, 1.54) is 0 Å². The van der Waals surface area contributed by atoms with Gasteiger partial charge in [-0.3, -0.25) is 4.79 Å². The molecule has 0 saturated carbocycles. The third-order valence-electron chi connectivity index (χ3n) is 3.00. The van der Waals surface area contributed by atoms with Crippen LogP contribution in [0, 0.1) is 5.41 Å². The molecule has 0 aromatic heterocycles. The quantitative estimate of drug-likeness (QED) is 0.648. The van der Waals surface area contributed by atoms with Crippen molar-refractivity contribution in [2.75, 3.05) is 0 Å². The van der Waals surface area contributed by atoms with Crippen LogP contribution in [0.15, 0.2) is 0 Å². The topological polar surface area (TPSA) is 46.2 Å². The van der Waals surface area contributed by atoms with E-state index in [9.17, 15) is 9.59 Å². The summed E-state index contributed by atoms with van der Waals surface area (Å²) >= 11 is 0. The SMILES string of the molecule is CCCCC(=O)NC(C=O)CC(C)(C)CC. The third kappa shape index (κ3) is 6.59. The summed E-state index contributed by atoms with van der Waals surface area (Å²) in [4.78, 5) is 22.4. The van der Waals surface area contributed by atoms with E-state index in [-0.39, 0.29) is 17.4 Å². The lowest BCUT2D eigenvalue weighted by atomic mass is 9.83. The first-order valence-electron chi connectivity index (χ1n) is 6.19. The Morgan fingerprint density at radius 3 is 2.44 bits per heavy atom. The molecule has 0 spiro atoms. The fourth-order valence-corrected chi connectivity index (χ4v) is 1.49. The fourth-order valence-electron chi connectivity index (χ4n) is 1.49. The van der Waals surface area contributed by atoms with Crippen LogP contribution in [0.3, 0.4) is 0 Å². The van der Waals surface area contributed by atoms with Crippen molar-refractivity contribution < 1.29 is 9.59 Å². The summed E-state index contributed by atoms with van der Waals surface area (Å²) in [6, 6.07) is -0.334. The molecule has 94 valence electrons. The molecule has 0 saturated heterocycles. The Hall–Kier alpha value is -0.860. The lowest BCUT2D eigenvalue weighted by molar-refractivity contribution is -0.124. The summed E-state index contributed by atoms with van der Waals surface area (Å²) in [7, 11) is 0. The lowest BCUT2D eigenvalue weighted by Crippen LogP contribution is -2.38. The number of amides is 1. The predicted molar refractivity (Wildman–Crippen MR) is 66.2 cm³/mol. The third-order valence-corrected chi connectivity index (χ3v) is 3.00. The molecular weight excluding hydrogens is 202 g/mol. The Kier molecular flexibility index (Phi) is 7.02. The second-order valence-corrected chi connectivity index (χ2v) is 5.14. The number of hydrogen-bond donors (Lipinski definition) is 1. The maximum Gasteiger partial charge on any atom is 0.220 e. The van der Waals surface area contributed by atoms with Gasteiger partial charge in [0.15, 0.2) is 0 Å². The van der Waals surface area contributed by atoms with Crippen molar-refractivity contribution in [3.8, 4) is 0 Å². The highest BCUT2D eigenvalue weighted by molar-refractivity contribution is 5.79. The first kappa shape index (κ1) is 15.1. The molecule has 0 aliphatic rings. The summed E-state index contributed by atoms with van der Waals surface area (Å²) in [6.45, 7) is 8.37. The number of carbonyl (C=O) groups excluding carboxylic acids is 2. The van der Waals surface area contributed by atoms with E-state index in [1.807, 2.05) is 6.92 Å². The van der Waals surface area contributed by atoms with Crippen LogP contribution < -0.4 is 5.32 Å². The molecule has 0 bridgehead atoms. The molecule has 3 nitrogen and oxygen atoms in total. The number of rotatable bonds is 8. The van der Waals surface area contributed by atoms with Crippen molar-refractivity contribution in [2.45, 2.75) is 65.8 Å². The minimum atomic E-state index is -0.334. The second-order valence-electron chi connectivity index (χ2n) is 5.14. The molecule has 0 heterocycles. The van der Waals surface area contributed by atoms with Crippen LogP contribution in [-0.2, 0) is 9.59 Å². The van der Waals surface area contributed by atoms with Crippen LogP contribution in [0.4, 0.5) is 0 Å². The van der Waals surface area contributed by atoms with E-state index >= 15 is 0 Å². The van der Waals surface area contributed by atoms with Crippen molar-refractivity contribution in [2.24, 2.45) is 5.41 Å². The Morgan fingerprint density at radius 2 is 2.00 bits per heavy atom. The number of unbranched alkanes of at least 4 members (excludes halogenated alkanes) is 1. The maximum absolute atomic E-state index is 11.5. The van der Waals surface area contributed by atoms with Gasteiger partial charge in [-0.25, -0.2) is 0 Å². The normalized spacial score (nSPS) is 13.2. The molecule has 1 amide bonds. The van der Waals surface area contributed by atoms with Crippen LogP contribution in [0.1, 0.15) is 59.8 Å². The van der Waals surface area contributed by atoms with E-state index in [0.717, 1.165) is 25.5 Å². The van der Waals surface area contributed by atoms with Gasteiger partial charge in [0.2, 0.25) is 5.91 Å². The van der Waals surface area contributed by atoms with Gasteiger partial charge in [0, 0.05) is 6.42 Å². The van der Waals surface area contributed by atoms with Crippen molar-refractivity contribution in [3.05, 3.63) is 0 Å². The molecule has 0 radical (unpaired) electrons. The lowest BCUT2D eigenvalue weighted by Gasteiger charge is -2.26. The number of hydrogen-bond acceptors (Lipinski definition) is 2. The monoisotopic (exact) mass is 227 g/mol. The Balaban J connectivity index is 4.10. The minimum absolute atomic E-state index is 0.00847. The number of nitrogens with one attached hydrogen (secondary N) is 1. The molecule has 3 heteroatoms. The zero-order valence-corrected chi connectivity index (χ0v) is 11.0. The highest BCUT2D eigenvalue weighted by Gasteiger charge is 2.22. The van der Waals surface area contributed by atoms with Gasteiger partial charge >= 0.3 is 0 Å². The molecule has 0 aromatic rings. The first-order valence-corrected chi connectivity index (χ1v) is 6.19. The molecule has 0 fully saturated rings. The van der Waals surface area contributed by atoms with Crippen molar-refractivity contribution in [3.63, 3.8) is 0 Å². The summed E-state index contributed by atoms with van der Waals surface area (Å²) in [5, 5.41) is 2.78. The van der Waals surface area contributed by atoms with Crippen LogP contribution in [0.5, 0.6) is 0 Å². The smallest absolute Gasteiger partial charge is 0.220 e. The number of aldehydes is 1. The molecule has 0 rings (SSSR count). The second kappa shape index (κ2) is 7.42. The van der Waals surface area contributed by atoms with Gasteiger partial charge in [0.1, 0.15) is 6.29 Å². The zero-order valence-electron chi connectivity index (χ0n) is 11.0. The van der Waals surface area contributed by atoms with E-state index in [1.54, 1.807) is 0 Å². The van der Waals surface area contributed by atoms with Crippen molar-refractivity contribution in [1.29, 1.82) is 0 Å². The predicted octanol–water partition coefficient (Wildman–Crippen LogP) is 2.69. The van der Waals surface area contributed by atoms with Crippen molar-refractivity contribution >= 4 is 12.2 Å². The van der Waals surface area contributed by atoms with Crippen LogP contribution in [0.2, 0.25) is 0 Å². The fraction of sp³-hybridized carbons (Fsp3) is 0.846. The molecule has 16 heavy (non-hydrogen) atoms. The van der Waals surface area contributed by atoms with Gasteiger partial charge in [-0.2, -0.15) is 0 Å². The van der Waals surface area contributed by atoms with Gasteiger partial charge < -0.3 is 10.1 Å². The largest absolute Gasteiger partial charge is 0.347 e. The molecular formula is C13H25NO2. The van der Waals surface area contributed by atoms with Gasteiger partial charge in [0.25, 0.3) is 0 Å². The van der Waals surface area contributed by atoms with Gasteiger partial charge in [0.05, 0.1) is 6.04 Å². The molecule has 1 atom stereocenters. The Labute approximate surface area is 99.0 Å². The first-order chi connectivity index (χ1) is 7.45. The van der Waals surface area contributed by atoms with E-state index in [0.29, 0.717) is 12.8 Å². The number of carbonyl (C=O) groups is 2. The van der Waals surface area contributed by atoms with Gasteiger partial charge in [-0.05, 0) is 18.3 Å². The zero-order chi connectivity index (χ0) is 12.6. The van der Waals surface area contributed by atoms with Crippen molar-refractivity contribution in [1.82, 2.24) is 5.32 Å². The molecule has 0 aliphatic carbocycles. The summed E-state index contributed by atoms with van der Waals surface area (Å²) in [6.07, 6.45) is 4.97. The highest BCUT2D eigenvalue weighted by Crippen LogP contribution is 2.25. The van der Waals surface area contributed by atoms with Crippen LogP contribution in [-0.4, -0.2) is 18.2 Å². The molecule has 1 N–H and O–H groups in total. The molecule has 0 aliphatic heterocycles. The summed E-state index contributed by atoms with van der Waals surface area (Å²) < 4.78 is 0. The van der Waals surface area contributed by atoms with E-state index in [4.69, 9.17) is 0 Å². The van der Waals surface area contributed by atoms with Crippen LogP contribution in [0.25, 0.3) is 0 Å². The minimum Gasteiger partial charge on any atom is -0.347 e. The molecule has 0 aromatic carbocycles. The van der Waals surface area contributed by atoms with E-state index in [2.05, 4.69) is 26.1 Å². The highest BCUT2D eigenvalue weighted by atomic mass is 16.2. The summed E-state index contributed by atoms with van der Waals surface area (Å²) in [5.41, 5.74) is 0.101. The molecule has 1 unspecified atom stereocenters. The Morgan fingerprint density at radius 1 is 1.38 bits per heavy atom. The average Bonchev–Trinajstić information content (AvgIpc) is 2.25. The maximum atomic E-state index is 11.5. The Bertz CT molecular complexity index is 224. The average molecular weight is 227 g/mol. The van der Waals surface area contributed by atoms with Crippen LogP contribution >= 0.6 is 0 Å².